The Morgan fingerprint density at radius 1 is 1.50 bits per heavy atom. The summed E-state index contributed by atoms with van der Waals surface area (Å²) in [5.74, 6) is 0.591. The van der Waals surface area contributed by atoms with Crippen LogP contribution in [0.25, 0.3) is 0 Å². The van der Waals surface area contributed by atoms with Gasteiger partial charge in [0.25, 0.3) is 5.91 Å². The Labute approximate surface area is 99.7 Å². The minimum Gasteiger partial charge on any atom is -0.492 e. The van der Waals surface area contributed by atoms with Crippen LogP contribution in [0.1, 0.15) is 29.8 Å². The molecule has 0 saturated carbocycles. The lowest BCUT2D eigenvalue weighted by molar-refractivity contribution is 0.0961. The second-order valence-electron chi connectivity index (χ2n) is 4.58. The molecule has 16 heavy (non-hydrogen) atoms. The first-order valence-corrected chi connectivity index (χ1v) is 5.52. The third-order valence-electron chi connectivity index (χ3n) is 2.80. The molecule has 1 aliphatic rings. The maximum Gasteiger partial charge on any atom is 0.251 e. The van der Waals surface area contributed by atoms with E-state index in [0.29, 0.717) is 17.2 Å². The lowest BCUT2D eigenvalue weighted by Gasteiger charge is -2.18. The van der Waals surface area contributed by atoms with E-state index in [-0.39, 0.29) is 11.3 Å². The molecule has 0 atom stereocenters. The Hall–Kier alpha value is -1.22. The summed E-state index contributed by atoms with van der Waals surface area (Å²) in [4.78, 5) is 11.8. The van der Waals surface area contributed by atoms with Crippen LogP contribution in [0.4, 0.5) is 0 Å². The number of hydrogen-bond donors (Lipinski definition) is 1. The molecule has 4 heteroatoms. The van der Waals surface area contributed by atoms with Crippen molar-refractivity contribution in [3.05, 3.63) is 28.3 Å². The zero-order valence-corrected chi connectivity index (χ0v) is 10.3. The fraction of sp³-hybridized carbons (Fsp3) is 0.417. The molecule has 0 unspecified atom stereocenters. The summed E-state index contributed by atoms with van der Waals surface area (Å²) in [6.07, 6.45) is 0. The summed E-state index contributed by atoms with van der Waals surface area (Å²) in [6, 6.07) is 3.45. The predicted molar refractivity (Wildman–Crippen MR) is 63.4 cm³/mol. The molecule has 86 valence electrons. The second-order valence-corrected chi connectivity index (χ2v) is 5.01. The van der Waals surface area contributed by atoms with Crippen molar-refractivity contribution < 1.29 is 9.53 Å². The molecular weight excluding hydrogens is 226 g/mol. The molecule has 1 heterocycles. The van der Waals surface area contributed by atoms with E-state index in [1.54, 1.807) is 19.2 Å². The van der Waals surface area contributed by atoms with E-state index < -0.39 is 0 Å². The van der Waals surface area contributed by atoms with Crippen LogP contribution in [0, 0.1) is 0 Å². The number of nitrogens with one attached hydrogen (secondary N) is 1. The summed E-state index contributed by atoms with van der Waals surface area (Å²) in [5, 5.41) is 3.15. The van der Waals surface area contributed by atoms with Crippen LogP contribution in [0.2, 0.25) is 5.02 Å². The first-order valence-electron chi connectivity index (χ1n) is 5.14. The molecule has 0 bridgehead atoms. The Bertz CT molecular complexity index is 455. The molecular formula is C12H14ClNO2. The van der Waals surface area contributed by atoms with E-state index in [4.69, 9.17) is 16.3 Å². The summed E-state index contributed by atoms with van der Waals surface area (Å²) in [5.41, 5.74) is 1.39. The number of ether oxygens (including phenoxy) is 1. The normalized spacial score (nSPS) is 16.5. The van der Waals surface area contributed by atoms with Gasteiger partial charge in [-0.2, -0.15) is 0 Å². The zero-order valence-electron chi connectivity index (χ0n) is 9.56. The largest absolute Gasteiger partial charge is 0.492 e. The smallest absolute Gasteiger partial charge is 0.251 e. The number of fused-ring (bicyclic) bond motifs is 1. The van der Waals surface area contributed by atoms with Crippen molar-refractivity contribution in [2.24, 2.45) is 0 Å². The highest BCUT2D eigenvalue weighted by molar-refractivity contribution is 6.31. The predicted octanol–water partition coefficient (Wildman–Crippen LogP) is 2.37. The van der Waals surface area contributed by atoms with Crippen molar-refractivity contribution in [3.8, 4) is 5.75 Å². The summed E-state index contributed by atoms with van der Waals surface area (Å²) < 4.78 is 5.57. The topological polar surface area (TPSA) is 38.3 Å². The average Bonchev–Trinajstić information content (AvgIpc) is 2.52. The molecule has 0 radical (unpaired) electrons. The quantitative estimate of drug-likeness (QED) is 0.817. The van der Waals surface area contributed by atoms with Gasteiger partial charge in [0.1, 0.15) is 5.75 Å². The maximum atomic E-state index is 11.8. The summed E-state index contributed by atoms with van der Waals surface area (Å²) in [7, 11) is 1.61. The van der Waals surface area contributed by atoms with Crippen molar-refractivity contribution in [3.63, 3.8) is 0 Å². The van der Waals surface area contributed by atoms with Gasteiger partial charge < -0.3 is 10.1 Å². The molecule has 0 spiro atoms. The van der Waals surface area contributed by atoms with Crippen molar-refractivity contribution in [2.75, 3.05) is 13.7 Å². The van der Waals surface area contributed by atoms with Crippen LogP contribution in [0.5, 0.6) is 5.75 Å². The van der Waals surface area contributed by atoms with Crippen molar-refractivity contribution in [1.29, 1.82) is 0 Å². The van der Waals surface area contributed by atoms with Crippen LogP contribution in [0.15, 0.2) is 12.1 Å². The molecule has 1 amide bonds. The lowest BCUT2D eigenvalue weighted by Crippen LogP contribution is -2.25. The number of carbonyl (C=O) groups is 1. The first-order chi connectivity index (χ1) is 7.45. The molecule has 0 fully saturated rings. The minimum atomic E-state index is -0.151. The Balaban J connectivity index is 2.65. The van der Waals surface area contributed by atoms with Crippen molar-refractivity contribution in [1.82, 2.24) is 5.32 Å². The van der Waals surface area contributed by atoms with Crippen LogP contribution in [-0.4, -0.2) is 19.6 Å². The number of benzene rings is 1. The van der Waals surface area contributed by atoms with Gasteiger partial charge in [0.15, 0.2) is 0 Å². The molecule has 1 aromatic rings. The average molecular weight is 240 g/mol. The summed E-state index contributed by atoms with van der Waals surface area (Å²) in [6.45, 7) is 4.69. The van der Waals surface area contributed by atoms with Gasteiger partial charge in [-0.1, -0.05) is 25.4 Å². The standard InChI is InChI=1S/C12H14ClNO2/c1-12(2)6-16-9-5-7(13)4-8(10(9)12)11(15)14-3/h4-5H,6H2,1-3H3,(H,14,15). The molecule has 3 nitrogen and oxygen atoms in total. The van der Waals surface area contributed by atoms with Crippen LogP contribution in [-0.2, 0) is 5.41 Å². The SMILES string of the molecule is CNC(=O)c1cc(Cl)cc2c1C(C)(C)CO2. The van der Waals surface area contributed by atoms with Gasteiger partial charge >= 0.3 is 0 Å². The highest BCUT2D eigenvalue weighted by atomic mass is 35.5. The summed E-state index contributed by atoms with van der Waals surface area (Å²) >= 11 is 5.96. The van der Waals surface area contributed by atoms with Gasteiger partial charge in [-0.05, 0) is 12.1 Å². The first kappa shape index (κ1) is 11.3. The van der Waals surface area contributed by atoms with E-state index in [0.717, 1.165) is 11.3 Å². The van der Waals surface area contributed by atoms with E-state index in [1.165, 1.54) is 0 Å². The molecule has 1 aliphatic heterocycles. The third kappa shape index (κ3) is 1.65. The zero-order chi connectivity index (χ0) is 11.9. The Kier molecular flexibility index (Phi) is 2.58. The number of rotatable bonds is 1. The fourth-order valence-corrected chi connectivity index (χ4v) is 2.25. The fourth-order valence-electron chi connectivity index (χ4n) is 2.04. The number of hydrogen-bond acceptors (Lipinski definition) is 2. The van der Waals surface area contributed by atoms with Gasteiger partial charge in [0, 0.05) is 28.6 Å². The van der Waals surface area contributed by atoms with Crippen LogP contribution < -0.4 is 10.1 Å². The van der Waals surface area contributed by atoms with Crippen molar-refractivity contribution in [2.45, 2.75) is 19.3 Å². The minimum absolute atomic E-state index is 0.127. The Morgan fingerprint density at radius 2 is 2.19 bits per heavy atom. The van der Waals surface area contributed by atoms with E-state index in [9.17, 15) is 4.79 Å². The number of halogens is 1. The number of carbonyl (C=O) groups excluding carboxylic acids is 1. The van der Waals surface area contributed by atoms with Gasteiger partial charge in [0.05, 0.1) is 6.61 Å². The maximum absolute atomic E-state index is 11.8. The highest BCUT2D eigenvalue weighted by Crippen LogP contribution is 2.42. The van der Waals surface area contributed by atoms with Gasteiger partial charge in [-0.25, -0.2) is 0 Å². The Morgan fingerprint density at radius 3 is 2.81 bits per heavy atom. The molecule has 1 N–H and O–H groups in total. The van der Waals surface area contributed by atoms with Gasteiger partial charge in [0.2, 0.25) is 0 Å². The monoisotopic (exact) mass is 239 g/mol. The molecule has 0 aliphatic carbocycles. The van der Waals surface area contributed by atoms with E-state index in [1.807, 2.05) is 0 Å². The van der Waals surface area contributed by atoms with E-state index in [2.05, 4.69) is 19.2 Å². The highest BCUT2D eigenvalue weighted by Gasteiger charge is 2.36. The second kappa shape index (κ2) is 3.67. The van der Waals surface area contributed by atoms with Gasteiger partial charge in [-0.3, -0.25) is 4.79 Å². The van der Waals surface area contributed by atoms with E-state index >= 15 is 0 Å². The third-order valence-corrected chi connectivity index (χ3v) is 3.02. The molecule has 2 rings (SSSR count). The molecule has 0 aromatic heterocycles. The number of amides is 1. The molecule has 0 saturated heterocycles. The van der Waals surface area contributed by atoms with Crippen molar-refractivity contribution >= 4 is 17.5 Å². The van der Waals surface area contributed by atoms with Crippen LogP contribution in [0.3, 0.4) is 0 Å². The van der Waals surface area contributed by atoms with Gasteiger partial charge in [-0.15, -0.1) is 0 Å². The van der Waals surface area contributed by atoms with Crippen LogP contribution >= 0.6 is 11.6 Å². The lowest BCUT2D eigenvalue weighted by atomic mass is 9.83. The molecule has 1 aromatic carbocycles.